The molecular formula is C12H12FN3O2S2. The van der Waals surface area contributed by atoms with Crippen LogP contribution in [0.1, 0.15) is 6.92 Å². The molecule has 1 aromatic carbocycles. The van der Waals surface area contributed by atoms with Gasteiger partial charge in [0.15, 0.2) is 22.5 Å². The van der Waals surface area contributed by atoms with Crippen molar-refractivity contribution in [3.63, 3.8) is 0 Å². The molecule has 0 unspecified atom stereocenters. The molecule has 20 heavy (non-hydrogen) atoms. The Balaban J connectivity index is 1.84. The zero-order chi connectivity index (χ0) is 14.4. The van der Waals surface area contributed by atoms with Gasteiger partial charge in [0.1, 0.15) is 0 Å². The third kappa shape index (κ3) is 4.17. The highest BCUT2D eigenvalue weighted by Crippen LogP contribution is 2.24. The molecule has 2 aromatic rings. The van der Waals surface area contributed by atoms with Crippen molar-refractivity contribution in [2.24, 2.45) is 0 Å². The van der Waals surface area contributed by atoms with Crippen LogP contribution in [0, 0.1) is 5.82 Å². The second-order valence-electron chi connectivity index (χ2n) is 3.57. The minimum absolute atomic E-state index is 0.0436. The summed E-state index contributed by atoms with van der Waals surface area (Å²) >= 11 is 2.84. The first-order valence-electron chi connectivity index (χ1n) is 5.82. The van der Waals surface area contributed by atoms with Crippen LogP contribution in [0.25, 0.3) is 0 Å². The molecular weight excluding hydrogens is 301 g/mol. The van der Waals surface area contributed by atoms with Crippen molar-refractivity contribution in [3.05, 3.63) is 30.1 Å². The topological polar surface area (TPSA) is 64.1 Å². The molecule has 0 bridgehead atoms. The maximum absolute atomic E-state index is 13.3. The molecule has 0 aliphatic heterocycles. The summed E-state index contributed by atoms with van der Waals surface area (Å²) in [6.45, 7) is 1.73. The number of rotatable bonds is 6. The number of carbonyl (C=O) groups is 1. The van der Waals surface area contributed by atoms with E-state index in [2.05, 4.69) is 15.5 Å². The lowest BCUT2D eigenvalue weighted by Crippen LogP contribution is -2.20. The Labute approximate surface area is 123 Å². The third-order valence-corrected chi connectivity index (χ3v) is 3.97. The summed E-state index contributed by atoms with van der Waals surface area (Å²) in [5, 5.41) is 10.7. The number of anilines is 1. The van der Waals surface area contributed by atoms with E-state index in [0.717, 1.165) is 10.1 Å². The van der Waals surface area contributed by atoms with Crippen LogP contribution in [0.15, 0.2) is 28.6 Å². The van der Waals surface area contributed by atoms with Crippen molar-refractivity contribution in [1.29, 1.82) is 0 Å². The zero-order valence-electron chi connectivity index (χ0n) is 10.6. The number of thioether (sulfide) groups is 1. The van der Waals surface area contributed by atoms with Crippen LogP contribution in [-0.2, 0) is 4.79 Å². The highest BCUT2D eigenvalue weighted by atomic mass is 32.2. The minimum Gasteiger partial charge on any atom is -0.481 e. The van der Waals surface area contributed by atoms with Gasteiger partial charge in [0.05, 0.1) is 0 Å². The fourth-order valence-corrected chi connectivity index (χ4v) is 2.97. The third-order valence-electron chi connectivity index (χ3n) is 2.12. The summed E-state index contributed by atoms with van der Waals surface area (Å²) in [5.41, 5.74) is 0. The molecule has 1 amide bonds. The minimum atomic E-state index is -0.502. The molecule has 106 valence electrons. The van der Waals surface area contributed by atoms with Gasteiger partial charge < -0.3 is 4.74 Å². The second-order valence-corrected chi connectivity index (χ2v) is 6.06. The number of para-hydroxylation sites is 1. The monoisotopic (exact) mass is 313 g/mol. The van der Waals surface area contributed by atoms with Gasteiger partial charge in [-0.25, -0.2) is 4.39 Å². The summed E-state index contributed by atoms with van der Waals surface area (Å²) in [6.07, 6.45) is 0. The van der Waals surface area contributed by atoms with Gasteiger partial charge in [-0.2, -0.15) is 0 Å². The fourth-order valence-electron chi connectivity index (χ4n) is 1.30. The van der Waals surface area contributed by atoms with E-state index in [0.29, 0.717) is 5.13 Å². The molecule has 2 rings (SSSR count). The molecule has 0 saturated heterocycles. The molecule has 1 heterocycles. The number of hydrogen-bond donors (Lipinski definition) is 1. The summed E-state index contributed by atoms with van der Waals surface area (Å²) in [4.78, 5) is 11.6. The Morgan fingerprint density at radius 3 is 3.00 bits per heavy atom. The highest BCUT2D eigenvalue weighted by Gasteiger charge is 2.10. The molecule has 1 N–H and O–H groups in total. The SMILES string of the molecule is CCSc1nnc(NC(=O)COc2ccccc2F)s1. The van der Waals surface area contributed by atoms with Crippen LogP contribution in [0.4, 0.5) is 9.52 Å². The van der Waals surface area contributed by atoms with Crippen molar-refractivity contribution in [3.8, 4) is 5.75 Å². The van der Waals surface area contributed by atoms with Gasteiger partial charge in [0, 0.05) is 0 Å². The van der Waals surface area contributed by atoms with E-state index in [1.807, 2.05) is 6.92 Å². The van der Waals surface area contributed by atoms with Gasteiger partial charge in [0.25, 0.3) is 5.91 Å². The number of ether oxygens (including phenoxy) is 1. The molecule has 0 spiro atoms. The fraction of sp³-hybridized carbons (Fsp3) is 0.250. The predicted octanol–water partition coefficient (Wildman–Crippen LogP) is 2.81. The smallest absolute Gasteiger partial charge is 0.264 e. The van der Waals surface area contributed by atoms with Crippen molar-refractivity contribution in [2.45, 2.75) is 11.3 Å². The van der Waals surface area contributed by atoms with Crippen LogP contribution in [0.3, 0.4) is 0 Å². The van der Waals surface area contributed by atoms with Gasteiger partial charge in [-0.1, -0.05) is 42.2 Å². The quantitative estimate of drug-likeness (QED) is 0.656. The van der Waals surface area contributed by atoms with E-state index < -0.39 is 11.7 Å². The zero-order valence-corrected chi connectivity index (χ0v) is 12.3. The average molecular weight is 313 g/mol. The van der Waals surface area contributed by atoms with Crippen LogP contribution >= 0.6 is 23.1 Å². The number of carbonyl (C=O) groups excluding carboxylic acids is 1. The number of nitrogens with zero attached hydrogens (tertiary/aromatic N) is 2. The van der Waals surface area contributed by atoms with Crippen LogP contribution in [-0.4, -0.2) is 28.5 Å². The molecule has 0 saturated carbocycles. The Bertz CT molecular complexity index is 592. The standard InChI is InChI=1S/C12H12FN3O2S2/c1-2-19-12-16-15-11(20-12)14-10(17)7-18-9-6-4-3-5-8(9)13/h3-6H,2,7H2,1H3,(H,14,15,17). The van der Waals surface area contributed by atoms with E-state index in [9.17, 15) is 9.18 Å². The molecule has 5 nitrogen and oxygen atoms in total. The first kappa shape index (κ1) is 14.7. The van der Waals surface area contributed by atoms with E-state index >= 15 is 0 Å². The predicted molar refractivity (Wildman–Crippen MR) is 76.8 cm³/mol. The Kier molecular flexibility index (Phi) is 5.31. The lowest BCUT2D eigenvalue weighted by molar-refractivity contribution is -0.118. The Hall–Kier alpha value is -1.67. The number of nitrogens with one attached hydrogen (secondary N) is 1. The van der Waals surface area contributed by atoms with Crippen LogP contribution < -0.4 is 10.1 Å². The molecule has 1 aromatic heterocycles. The molecule has 0 radical (unpaired) electrons. The number of aromatic nitrogens is 2. The van der Waals surface area contributed by atoms with Crippen LogP contribution in [0.5, 0.6) is 5.75 Å². The molecule has 0 aliphatic rings. The maximum atomic E-state index is 13.3. The summed E-state index contributed by atoms with van der Waals surface area (Å²) in [5.74, 6) is 0.0244. The van der Waals surface area contributed by atoms with Crippen molar-refractivity contribution < 1.29 is 13.9 Å². The van der Waals surface area contributed by atoms with Crippen molar-refractivity contribution >= 4 is 34.1 Å². The maximum Gasteiger partial charge on any atom is 0.264 e. The lowest BCUT2D eigenvalue weighted by Gasteiger charge is -2.05. The number of amides is 1. The first-order chi connectivity index (χ1) is 9.69. The first-order valence-corrected chi connectivity index (χ1v) is 7.62. The lowest BCUT2D eigenvalue weighted by atomic mass is 10.3. The Morgan fingerprint density at radius 1 is 1.45 bits per heavy atom. The van der Waals surface area contributed by atoms with Gasteiger partial charge >= 0.3 is 0 Å². The largest absolute Gasteiger partial charge is 0.481 e. The number of halogens is 1. The van der Waals surface area contributed by atoms with Gasteiger partial charge in [-0.05, 0) is 17.9 Å². The highest BCUT2D eigenvalue weighted by molar-refractivity contribution is 8.01. The summed E-state index contributed by atoms with van der Waals surface area (Å²) in [7, 11) is 0. The van der Waals surface area contributed by atoms with Gasteiger partial charge in [0.2, 0.25) is 5.13 Å². The summed E-state index contributed by atoms with van der Waals surface area (Å²) < 4.78 is 19.2. The molecule has 0 fully saturated rings. The van der Waals surface area contributed by atoms with E-state index in [-0.39, 0.29) is 12.4 Å². The van der Waals surface area contributed by atoms with Crippen molar-refractivity contribution in [2.75, 3.05) is 17.7 Å². The molecule has 0 aliphatic carbocycles. The van der Waals surface area contributed by atoms with E-state index in [1.54, 1.807) is 23.9 Å². The normalized spacial score (nSPS) is 10.3. The van der Waals surface area contributed by atoms with Crippen molar-refractivity contribution in [1.82, 2.24) is 10.2 Å². The number of benzene rings is 1. The molecule has 0 atom stereocenters. The van der Waals surface area contributed by atoms with Gasteiger partial charge in [-0.3, -0.25) is 10.1 Å². The van der Waals surface area contributed by atoms with E-state index in [1.165, 1.54) is 23.5 Å². The number of hydrogen-bond acceptors (Lipinski definition) is 6. The average Bonchev–Trinajstić information content (AvgIpc) is 2.85. The molecule has 8 heteroatoms. The van der Waals surface area contributed by atoms with E-state index in [4.69, 9.17) is 4.74 Å². The Morgan fingerprint density at radius 2 is 2.25 bits per heavy atom. The van der Waals surface area contributed by atoms with Crippen LogP contribution in [0.2, 0.25) is 0 Å². The summed E-state index contributed by atoms with van der Waals surface area (Å²) in [6, 6.07) is 5.92. The second kappa shape index (κ2) is 7.20. The van der Waals surface area contributed by atoms with Gasteiger partial charge in [-0.15, -0.1) is 10.2 Å².